The van der Waals surface area contributed by atoms with E-state index in [1.54, 1.807) is 5.32 Å². The van der Waals surface area contributed by atoms with Crippen LogP contribution in [-0.4, -0.2) is 48.3 Å². The highest BCUT2D eigenvalue weighted by Crippen LogP contribution is 2.14. The first-order chi connectivity index (χ1) is 8.68. The minimum atomic E-state index is -5.06. The van der Waals surface area contributed by atoms with Crippen molar-refractivity contribution in [3.8, 4) is 0 Å². The summed E-state index contributed by atoms with van der Waals surface area (Å²) in [5.74, 6) is -3.01. The Labute approximate surface area is 106 Å². The summed E-state index contributed by atoms with van der Waals surface area (Å²) in [5, 5.41) is 13.9. The van der Waals surface area contributed by atoms with Crippen LogP contribution in [0.1, 0.15) is 13.3 Å². The molecule has 0 aromatic heterocycles. The zero-order chi connectivity index (χ0) is 15.1. The zero-order valence-corrected chi connectivity index (χ0v) is 10.0. The molecule has 0 rings (SSSR count). The molecule has 10 heteroatoms. The molecule has 0 fully saturated rings. The van der Waals surface area contributed by atoms with Gasteiger partial charge in [-0.05, 0) is 6.42 Å². The normalized spacial score (nSPS) is 12.4. The van der Waals surface area contributed by atoms with Crippen LogP contribution in [0.5, 0.6) is 0 Å². The van der Waals surface area contributed by atoms with Crippen LogP contribution in [0.25, 0.3) is 0 Å². The Kier molecular flexibility index (Phi) is 6.66. The molecular formula is C9H14F3N3O4. The highest BCUT2D eigenvalue weighted by atomic mass is 19.4. The van der Waals surface area contributed by atoms with E-state index in [4.69, 9.17) is 5.11 Å². The maximum Gasteiger partial charge on any atom is 0.471 e. The summed E-state index contributed by atoms with van der Waals surface area (Å²) in [6.07, 6.45) is -6.37. The molecular weight excluding hydrogens is 271 g/mol. The molecule has 0 radical (unpaired) electrons. The highest BCUT2D eigenvalue weighted by molar-refractivity contribution is 5.89. The summed E-state index contributed by atoms with van der Waals surface area (Å²) in [4.78, 5) is 32.1. The van der Waals surface area contributed by atoms with Gasteiger partial charge in [0.05, 0.1) is 0 Å². The molecule has 0 saturated heterocycles. The van der Waals surface area contributed by atoms with Crippen molar-refractivity contribution in [2.24, 2.45) is 0 Å². The second-order valence-electron chi connectivity index (χ2n) is 3.46. The first-order valence-electron chi connectivity index (χ1n) is 5.30. The Morgan fingerprint density at radius 3 is 2.11 bits per heavy atom. The van der Waals surface area contributed by atoms with E-state index in [0.717, 1.165) is 0 Å². The quantitative estimate of drug-likeness (QED) is 0.508. The van der Waals surface area contributed by atoms with Crippen LogP contribution in [0.4, 0.5) is 18.0 Å². The molecule has 0 heterocycles. The fourth-order valence-corrected chi connectivity index (χ4v) is 1.07. The summed E-state index contributed by atoms with van der Waals surface area (Å²) in [5.41, 5.74) is 0. The zero-order valence-electron chi connectivity index (χ0n) is 10.0. The highest BCUT2D eigenvalue weighted by Gasteiger charge is 2.40. The third-order valence-corrected chi connectivity index (χ3v) is 1.99. The van der Waals surface area contributed by atoms with Crippen LogP contribution < -0.4 is 16.0 Å². The van der Waals surface area contributed by atoms with Gasteiger partial charge in [0.1, 0.15) is 6.04 Å². The molecule has 110 valence electrons. The van der Waals surface area contributed by atoms with Crippen molar-refractivity contribution < 1.29 is 32.7 Å². The van der Waals surface area contributed by atoms with Crippen molar-refractivity contribution in [2.75, 3.05) is 13.1 Å². The largest absolute Gasteiger partial charge is 0.471 e. The molecule has 19 heavy (non-hydrogen) atoms. The van der Waals surface area contributed by atoms with Gasteiger partial charge < -0.3 is 21.1 Å². The summed E-state index contributed by atoms with van der Waals surface area (Å²) >= 11 is 0. The fourth-order valence-electron chi connectivity index (χ4n) is 1.07. The Bertz CT molecular complexity index is 346. The number of nitrogens with one attached hydrogen (secondary N) is 3. The number of hydrogen-bond acceptors (Lipinski definition) is 3. The van der Waals surface area contributed by atoms with E-state index >= 15 is 0 Å². The van der Waals surface area contributed by atoms with Gasteiger partial charge in [-0.25, -0.2) is 4.79 Å². The molecule has 0 aliphatic heterocycles. The van der Waals surface area contributed by atoms with Crippen molar-refractivity contribution in [3.05, 3.63) is 0 Å². The lowest BCUT2D eigenvalue weighted by atomic mass is 10.2. The summed E-state index contributed by atoms with van der Waals surface area (Å²) in [6, 6.07) is -1.32. The second-order valence-corrected chi connectivity index (χ2v) is 3.46. The standard InChI is InChI=1S/C9H14F3N3O4/c1-2-5(15-7(17)9(10,11)12)6(16)13-3-4-14-8(18)19/h5,14H,2-4H2,1H3,(H,13,16)(H,15,17)(H,18,19)/t5-/m0/s1. The molecule has 0 aliphatic rings. The van der Waals surface area contributed by atoms with Crippen LogP contribution in [-0.2, 0) is 9.59 Å². The van der Waals surface area contributed by atoms with E-state index in [1.165, 1.54) is 6.92 Å². The minimum Gasteiger partial charge on any atom is -0.465 e. The molecule has 0 spiro atoms. The smallest absolute Gasteiger partial charge is 0.465 e. The van der Waals surface area contributed by atoms with Crippen LogP contribution >= 0.6 is 0 Å². The lowest BCUT2D eigenvalue weighted by molar-refractivity contribution is -0.174. The topological polar surface area (TPSA) is 108 Å². The van der Waals surface area contributed by atoms with Gasteiger partial charge in [-0.15, -0.1) is 0 Å². The summed E-state index contributed by atoms with van der Waals surface area (Å²) < 4.78 is 36.0. The number of carbonyl (C=O) groups is 3. The van der Waals surface area contributed by atoms with Gasteiger partial charge in [-0.3, -0.25) is 9.59 Å². The molecule has 7 nitrogen and oxygen atoms in total. The van der Waals surface area contributed by atoms with E-state index in [9.17, 15) is 27.6 Å². The minimum absolute atomic E-state index is 0.0278. The predicted octanol–water partition coefficient (Wildman–Crippen LogP) is -0.173. The van der Waals surface area contributed by atoms with Gasteiger partial charge in [-0.2, -0.15) is 13.2 Å². The van der Waals surface area contributed by atoms with E-state index in [-0.39, 0.29) is 19.5 Å². The molecule has 3 amide bonds. The maximum atomic E-state index is 12.0. The van der Waals surface area contributed by atoms with Gasteiger partial charge in [0.15, 0.2) is 0 Å². The number of amides is 3. The van der Waals surface area contributed by atoms with Crippen molar-refractivity contribution in [2.45, 2.75) is 25.6 Å². The molecule has 1 atom stereocenters. The number of hydrogen-bond donors (Lipinski definition) is 4. The van der Waals surface area contributed by atoms with Crippen LogP contribution in [0, 0.1) is 0 Å². The Morgan fingerprint density at radius 2 is 1.68 bits per heavy atom. The number of carbonyl (C=O) groups excluding carboxylic acids is 2. The van der Waals surface area contributed by atoms with Crippen LogP contribution in [0.3, 0.4) is 0 Å². The molecule has 0 aromatic rings. The lowest BCUT2D eigenvalue weighted by Crippen LogP contribution is -2.51. The molecule has 0 saturated carbocycles. The van der Waals surface area contributed by atoms with Gasteiger partial charge in [-0.1, -0.05) is 6.92 Å². The average molecular weight is 285 g/mol. The Balaban J connectivity index is 4.18. The molecule has 0 aliphatic carbocycles. The molecule has 0 bridgehead atoms. The van der Waals surface area contributed by atoms with Crippen LogP contribution in [0.2, 0.25) is 0 Å². The van der Waals surface area contributed by atoms with Crippen molar-refractivity contribution in [1.82, 2.24) is 16.0 Å². The van der Waals surface area contributed by atoms with Crippen LogP contribution in [0.15, 0.2) is 0 Å². The number of rotatable bonds is 6. The SMILES string of the molecule is CC[C@H](NC(=O)C(F)(F)F)C(=O)NCCNC(=O)O. The third kappa shape index (κ3) is 7.11. The molecule has 4 N–H and O–H groups in total. The maximum absolute atomic E-state index is 12.0. The average Bonchev–Trinajstić information content (AvgIpc) is 2.29. The van der Waals surface area contributed by atoms with E-state index in [1.807, 2.05) is 5.32 Å². The number of carboxylic acid groups (broad SMARTS) is 1. The van der Waals surface area contributed by atoms with Gasteiger partial charge >= 0.3 is 18.2 Å². The predicted molar refractivity (Wildman–Crippen MR) is 57.3 cm³/mol. The molecule has 0 aromatic carbocycles. The summed E-state index contributed by atoms with van der Waals surface area (Å²) in [7, 11) is 0. The first kappa shape index (κ1) is 17.0. The van der Waals surface area contributed by atoms with Crippen molar-refractivity contribution in [3.63, 3.8) is 0 Å². The lowest BCUT2D eigenvalue weighted by Gasteiger charge is -2.17. The monoisotopic (exact) mass is 285 g/mol. The number of alkyl halides is 3. The Hall–Kier alpha value is -2.00. The molecule has 0 unspecified atom stereocenters. The van der Waals surface area contributed by atoms with Gasteiger partial charge in [0.2, 0.25) is 5.91 Å². The third-order valence-electron chi connectivity index (χ3n) is 1.99. The Morgan fingerprint density at radius 1 is 1.16 bits per heavy atom. The van der Waals surface area contributed by atoms with Crippen molar-refractivity contribution >= 4 is 17.9 Å². The van der Waals surface area contributed by atoms with E-state index in [2.05, 4.69) is 5.32 Å². The fraction of sp³-hybridized carbons (Fsp3) is 0.667. The van der Waals surface area contributed by atoms with Gasteiger partial charge in [0.25, 0.3) is 0 Å². The number of halogens is 3. The van der Waals surface area contributed by atoms with Crippen molar-refractivity contribution in [1.29, 1.82) is 0 Å². The van der Waals surface area contributed by atoms with Gasteiger partial charge in [0, 0.05) is 13.1 Å². The second kappa shape index (κ2) is 7.44. The first-order valence-corrected chi connectivity index (χ1v) is 5.30. The van der Waals surface area contributed by atoms with E-state index in [0.29, 0.717) is 0 Å². The van der Waals surface area contributed by atoms with E-state index < -0.39 is 30.1 Å². The summed E-state index contributed by atoms with van der Waals surface area (Å²) in [6.45, 7) is 1.24.